The molecule has 0 aromatic carbocycles. The van der Waals surface area contributed by atoms with Crippen LogP contribution in [0.2, 0.25) is 0 Å². The Balaban J connectivity index is 1.83. The standard InChI is InChI=1S/C27H46O12S/c1-14(13-28)6-5-7-15(2)16-12-19(30)27(35)23(16,3)11-9-18-24(4)10-8-17(29)20(31)26(24,34)22(39-40(36,37)38)21(32)25(18,27)33/h6,15-22,28-35H,5,7-13H2,1-4H3,(H,36,37,38)/b14-6-/t15-,16-,17+,18+,19+,20+,21+,22+,23-,24-,25-,26+,27+/m1/s1. The van der Waals surface area contributed by atoms with Gasteiger partial charge in [-0.1, -0.05) is 32.4 Å². The average Bonchev–Trinajstić information content (AvgIpc) is 3.09. The molecule has 0 aliphatic heterocycles. The lowest BCUT2D eigenvalue weighted by molar-refractivity contribution is -0.397. The summed E-state index contributed by atoms with van der Waals surface area (Å²) in [6.07, 6.45) is -6.29. The van der Waals surface area contributed by atoms with E-state index in [0.29, 0.717) is 12.8 Å². The van der Waals surface area contributed by atoms with Crippen LogP contribution in [0.25, 0.3) is 0 Å². The summed E-state index contributed by atoms with van der Waals surface area (Å²) >= 11 is 0. The zero-order valence-corrected chi connectivity index (χ0v) is 24.3. The van der Waals surface area contributed by atoms with E-state index in [-0.39, 0.29) is 50.5 Å². The molecule has 0 heterocycles. The molecule has 4 aliphatic carbocycles. The molecule has 0 unspecified atom stereocenters. The van der Waals surface area contributed by atoms with Gasteiger partial charge in [-0.25, -0.2) is 4.18 Å². The molecule has 0 saturated heterocycles. The van der Waals surface area contributed by atoms with Crippen molar-refractivity contribution in [1.29, 1.82) is 0 Å². The van der Waals surface area contributed by atoms with Gasteiger partial charge in [-0.3, -0.25) is 4.55 Å². The Morgan fingerprint density at radius 3 is 2.17 bits per heavy atom. The minimum atomic E-state index is -5.38. The highest BCUT2D eigenvalue weighted by Gasteiger charge is 2.84. The number of hydrogen-bond acceptors (Lipinski definition) is 11. The molecule has 232 valence electrons. The fourth-order valence-electron chi connectivity index (χ4n) is 9.43. The van der Waals surface area contributed by atoms with Gasteiger partial charge in [-0.2, -0.15) is 8.42 Å². The summed E-state index contributed by atoms with van der Waals surface area (Å²) in [6, 6.07) is 0. The quantitative estimate of drug-likeness (QED) is 0.133. The van der Waals surface area contributed by atoms with E-state index < -0.39 is 74.5 Å². The molecule has 13 atom stereocenters. The lowest BCUT2D eigenvalue weighted by atomic mass is 9.38. The SMILES string of the molecule is C/C(=C/CC[C@@H](C)[C@H]1C[C@H](O)[C@@]2(O)[C@@]3(O)[C@@H](CC[C@]12C)[C@@]1(C)CC[C@H](O)[C@H](O)[C@]1(O)[C@@H](OS(=O)(=O)O)[C@@H]3O)CO. The van der Waals surface area contributed by atoms with Crippen molar-refractivity contribution in [3.8, 4) is 0 Å². The summed E-state index contributed by atoms with van der Waals surface area (Å²) in [5, 5.41) is 90.8. The molecule has 4 rings (SSSR count). The zero-order valence-electron chi connectivity index (χ0n) is 23.5. The second kappa shape index (κ2) is 10.2. The molecule has 4 fully saturated rings. The predicted octanol–water partition coefficient (Wildman–Crippen LogP) is -0.584. The second-order valence-electron chi connectivity index (χ2n) is 13.4. The van der Waals surface area contributed by atoms with Crippen LogP contribution in [0.3, 0.4) is 0 Å². The van der Waals surface area contributed by atoms with Crippen molar-refractivity contribution in [2.75, 3.05) is 6.61 Å². The Kier molecular flexibility index (Phi) is 8.20. The molecule has 4 saturated carbocycles. The van der Waals surface area contributed by atoms with E-state index >= 15 is 0 Å². The Morgan fingerprint density at radius 2 is 1.60 bits per heavy atom. The molecule has 0 radical (unpaired) electrons. The highest BCUT2D eigenvalue weighted by molar-refractivity contribution is 7.80. The molecule has 4 aliphatic rings. The van der Waals surface area contributed by atoms with Gasteiger partial charge in [0.05, 0.1) is 18.8 Å². The molecule has 0 aromatic rings. The highest BCUT2D eigenvalue weighted by Crippen LogP contribution is 2.72. The van der Waals surface area contributed by atoms with E-state index in [9.17, 15) is 53.8 Å². The third-order valence-corrected chi connectivity index (χ3v) is 12.1. The highest BCUT2D eigenvalue weighted by atomic mass is 32.3. The lowest BCUT2D eigenvalue weighted by Crippen LogP contribution is -2.88. The van der Waals surface area contributed by atoms with Crippen LogP contribution in [-0.4, -0.2) is 108 Å². The van der Waals surface area contributed by atoms with Gasteiger partial charge >= 0.3 is 10.4 Å². The van der Waals surface area contributed by atoms with Crippen molar-refractivity contribution in [2.45, 2.75) is 120 Å². The second-order valence-corrected chi connectivity index (χ2v) is 14.5. The van der Waals surface area contributed by atoms with Crippen molar-refractivity contribution in [2.24, 2.45) is 28.6 Å². The van der Waals surface area contributed by atoms with Crippen LogP contribution in [0, 0.1) is 28.6 Å². The number of allylic oxidation sites excluding steroid dienone is 1. The largest absolute Gasteiger partial charge is 0.397 e. The van der Waals surface area contributed by atoms with Crippen molar-refractivity contribution in [3.63, 3.8) is 0 Å². The van der Waals surface area contributed by atoms with Crippen LogP contribution in [-0.2, 0) is 14.6 Å². The molecule has 0 bridgehead atoms. The van der Waals surface area contributed by atoms with Gasteiger partial charge in [0.25, 0.3) is 0 Å². The Labute approximate surface area is 235 Å². The monoisotopic (exact) mass is 594 g/mol. The van der Waals surface area contributed by atoms with Crippen LogP contribution in [0.1, 0.15) is 72.6 Å². The van der Waals surface area contributed by atoms with E-state index in [4.69, 9.17) is 4.18 Å². The van der Waals surface area contributed by atoms with E-state index in [1.807, 2.05) is 13.0 Å². The van der Waals surface area contributed by atoms with Crippen LogP contribution in [0.5, 0.6) is 0 Å². The summed E-state index contributed by atoms with van der Waals surface area (Å²) in [4.78, 5) is 0. The maximum absolute atomic E-state index is 12.5. The van der Waals surface area contributed by atoms with E-state index in [2.05, 4.69) is 0 Å². The Morgan fingerprint density at radius 1 is 1.00 bits per heavy atom. The van der Waals surface area contributed by atoms with Crippen LogP contribution in [0.15, 0.2) is 11.6 Å². The number of rotatable bonds is 7. The number of aliphatic hydroxyl groups is 8. The van der Waals surface area contributed by atoms with Gasteiger partial charge in [0.2, 0.25) is 0 Å². The molecule has 9 N–H and O–H groups in total. The normalized spacial score (nSPS) is 52.0. The van der Waals surface area contributed by atoms with E-state index in [1.54, 1.807) is 13.8 Å². The van der Waals surface area contributed by atoms with Gasteiger partial charge in [0.1, 0.15) is 35.1 Å². The molecular formula is C27H46O12S. The van der Waals surface area contributed by atoms with Gasteiger partial charge in [0, 0.05) is 16.7 Å². The van der Waals surface area contributed by atoms with Gasteiger partial charge in [0.15, 0.2) is 0 Å². The first-order chi connectivity index (χ1) is 18.3. The minimum absolute atomic E-state index is 0.0417. The number of aliphatic hydroxyl groups excluding tert-OH is 5. The molecule has 0 aromatic heterocycles. The van der Waals surface area contributed by atoms with E-state index in [1.165, 1.54) is 6.92 Å². The summed E-state index contributed by atoms with van der Waals surface area (Å²) < 4.78 is 38.2. The van der Waals surface area contributed by atoms with Crippen molar-refractivity contribution in [3.05, 3.63) is 11.6 Å². The van der Waals surface area contributed by atoms with Gasteiger partial charge in [-0.15, -0.1) is 0 Å². The van der Waals surface area contributed by atoms with Crippen molar-refractivity contribution in [1.82, 2.24) is 0 Å². The van der Waals surface area contributed by atoms with Crippen LogP contribution < -0.4 is 0 Å². The van der Waals surface area contributed by atoms with Crippen molar-refractivity contribution >= 4 is 10.4 Å². The van der Waals surface area contributed by atoms with Crippen LogP contribution in [0.4, 0.5) is 0 Å². The third kappa shape index (κ3) is 4.11. The topological polar surface area (TPSA) is 225 Å². The molecule has 0 spiro atoms. The third-order valence-electron chi connectivity index (χ3n) is 11.6. The first-order valence-electron chi connectivity index (χ1n) is 14.1. The van der Waals surface area contributed by atoms with Gasteiger partial charge in [-0.05, 0) is 63.7 Å². The number of hydrogen-bond donors (Lipinski definition) is 9. The maximum Gasteiger partial charge on any atom is 0.397 e. The maximum atomic E-state index is 12.5. The first-order valence-corrected chi connectivity index (χ1v) is 15.5. The summed E-state index contributed by atoms with van der Waals surface area (Å²) in [5.74, 6) is -1.57. The summed E-state index contributed by atoms with van der Waals surface area (Å²) in [6.45, 7) is 6.89. The Bertz CT molecular complexity index is 1110. The molecule has 40 heavy (non-hydrogen) atoms. The minimum Gasteiger partial charge on any atom is -0.392 e. The fourth-order valence-corrected chi connectivity index (χ4v) is 9.95. The lowest BCUT2D eigenvalue weighted by Gasteiger charge is -2.72. The zero-order chi connectivity index (χ0) is 30.3. The predicted molar refractivity (Wildman–Crippen MR) is 141 cm³/mol. The molecular weight excluding hydrogens is 548 g/mol. The Hall–Kier alpha value is -0.710. The first kappa shape index (κ1) is 32.2. The number of fused-ring (bicyclic) bond motifs is 5. The summed E-state index contributed by atoms with van der Waals surface area (Å²) in [7, 11) is -5.38. The smallest absolute Gasteiger partial charge is 0.392 e. The average molecular weight is 595 g/mol. The van der Waals surface area contributed by atoms with E-state index in [0.717, 1.165) is 5.57 Å². The van der Waals surface area contributed by atoms with Gasteiger partial charge < -0.3 is 40.9 Å². The molecule has 13 heteroatoms. The fraction of sp³-hybridized carbons (Fsp3) is 0.926. The summed E-state index contributed by atoms with van der Waals surface area (Å²) in [5.41, 5.74) is -9.68. The van der Waals surface area contributed by atoms with Crippen molar-refractivity contribution < 1.29 is 58.0 Å². The van der Waals surface area contributed by atoms with Crippen LogP contribution >= 0.6 is 0 Å². The molecule has 0 amide bonds. The molecule has 12 nitrogen and oxygen atoms in total.